The summed E-state index contributed by atoms with van der Waals surface area (Å²) in [5.74, 6) is 1.70. The molecule has 0 amide bonds. The van der Waals surface area contributed by atoms with Gasteiger partial charge in [0.05, 0.1) is 7.11 Å². The molecule has 0 radical (unpaired) electrons. The van der Waals surface area contributed by atoms with Crippen LogP contribution >= 0.6 is 0 Å². The van der Waals surface area contributed by atoms with Gasteiger partial charge in [0.2, 0.25) is 0 Å². The first kappa shape index (κ1) is 14.3. The first-order valence-electron chi connectivity index (χ1n) is 6.74. The van der Waals surface area contributed by atoms with E-state index in [1.165, 1.54) is 0 Å². The fraction of sp³-hybridized carbons (Fsp3) is 0.375. The molecular formula is C16H20N2O2. The van der Waals surface area contributed by atoms with Crippen molar-refractivity contribution in [1.82, 2.24) is 9.97 Å². The van der Waals surface area contributed by atoms with Crippen LogP contribution in [0.3, 0.4) is 0 Å². The van der Waals surface area contributed by atoms with E-state index in [-0.39, 0.29) is 11.5 Å². The fourth-order valence-electron chi connectivity index (χ4n) is 2.35. The number of rotatable bonds is 4. The van der Waals surface area contributed by atoms with Gasteiger partial charge in [-0.15, -0.1) is 0 Å². The average molecular weight is 272 g/mol. The standard InChI is InChI=1S/C16H20N2O2/c1-10(2)15-11(3)17-14(18-16(15)19)9-12-5-7-13(20-4)8-6-12/h5-8,10H,9H2,1-4H3,(H,17,18,19). The zero-order valence-corrected chi connectivity index (χ0v) is 12.4. The molecule has 0 fully saturated rings. The largest absolute Gasteiger partial charge is 0.497 e. The fourth-order valence-corrected chi connectivity index (χ4v) is 2.35. The predicted octanol–water partition coefficient (Wildman–Crippen LogP) is 2.80. The van der Waals surface area contributed by atoms with Crippen LogP contribution < -0.4 is 10.3 Å². The summed E-state index contributed by atoms with van der Waals surface area (Å²) in [6.07, 6.45) is 0.610. The Hall–Kier alpha value is -2.10. The first-order chi connectivity index (χ1) is 9.51. The Balaban J connectivity index is 2.27. The summed E-state index contributed by atoms with van der Waals surface area (Å²) < 4.78 is 5.13. The number of methoxy groups -OCH3 is 1. The minimum absolute atomic E-state index is 0.0315. The molecule has 0 spiro atoms. The van der Waals surface area contributed by atoms with E-state index < -0.39 is 0 Å². The second-order valence-electron chi connectivity index (χ2n) is 5.19. The van der Waals surface area contributed by atoms with E-state index in [2.05, 4.69) is 9.97 Å². The number of nitrogens with zero attached hydrogens (tertiary/aromatic N) is 1. The van der Waals surface area contributed by atoms with Gasteiger partial charge in [0.25, 0.3) is 5.56 Å². The van der Waals surface area contributed by atoms with Gasteiger partial charge in [0, 0.05) is 17.7 Å². The highest BCUT2D eigenvalue weighted by Gasteiger charge is 2.11. The van der Waals surface area contributed by atoms with Crippen molar-refractivity contribution in [2.24, 2.45) is 0 Å². The lowest BCUT2D eigenvalue weighted by atomic mass is 10.0. The van der Waals surface area contributed by atoms with Gasteiger partial charge >= 0.3 is 0 Å². The minimum Gasteiger partial charge on any atom is -0.497 e. The number of benzene rings is 1. The SMILES string of the molecule is COc1ccc(Cc2nc(C)c(C(C)C)c(=O)[nH]2)cc1. The summed E-state index contributed by atoms with van der Waals surface area (Å²) in [6.45, 7) is 5.90. The normalized spacial score (nSPS) is 10.8. The second kappa shape index (κ2) is 5.90. The monoisotopic (exact) mass is 272 g/mol. The molecule has 106 valence electrons. The molecule has 0 bridgehead atoms. The maximum atomic E-state index is 12.1. The quantitative estimate of drug-likeness (QED) is 0.931. The third-order valence-corrected chi connectivity index (χ3v) is 3.30. The Kier molecular flexibility index (Phi) is 4.23. The summed E-state index contributed by atoms with van der Waals surface area (Å²) in [7, 11) is 1.64. The Morgan fingerprint density at radius 2 is 1.90 bits per heavy atom. The Labute approximate surface area is 118 Å². The molecule has 1 heterocycles. The highest BCUT2D eigenvalue weighted by Crippen LogP contribution is 2.15. The van der Waals surface area contributed by atoms with Crippen molar-refractivity contribution >= 4 is 0 Å². The van der Waals surface area contributed by atoms with Crippen LogP contribution in [-0.2, 0) is 6.42 Å². The summed E-state index contributed by atoms with van der Waals surface area (Å²) in [6, 6.07) is 7.76. The molecule has 0 aliphatic carbocycles. The molecule has 0 aliphatic heterocycles. The number of ether oxygens (including phenoxy) is 1. The van der Waals surface area contributed by atoms with Gasteiger partial charge in [0.1, 0.15) is 11.6 Å². The Bertz CT molecular complexity index is 643. The summed E-state index contributed by atoms with van der Waals surface area (Å²) in [5, 5.41) is 0. The zero-order chi connectivity index (χ0) is 14.7. The van der Waals surface area contributed by atoms with Gasteiger partial charge in [-0.25, -0.2) is 4.98 Å². The number of aromatic nitrogens is 2. The number of H-pyrrole nitrogens is 1. The molecule has 0 aliphatic rings. The van der Waals surface area contributed by atoms with E-state index in [9.17, 15) is 4.79 Å². The van der Waals surface area contributed by atoms with Crippen molar-refractivity contribution in [2.45, 2.75) is 33.1 Å². The van der Waals surface area contributed by atoms with Crippen LogP contribution in [0.15, 0.2) is 29.1 Å². The third kappa shape index (κ3) is 3.07. The molecule has 20 heavy (non-hydrogen) atoms. The van der Waals surface area contributed by atoms with Crippen molar-refractivity contribution in [3.05, 3.63) is 57.3 Å². The van der Waals surface area contributed by atoms with E-state index in [4.69, 9.17) is 4.74 Å². The number of hydrogen-bond donors (Lipinski definition) is 1. The van der Waals surface area contributed by atoms with Crippen LogP contribution in [0.2, 0.25) is 0 Å². The van der Waals surface area contributed by atoms with Crippen molar-refractivity contribution in [3.8, 4) is 5.75 Å². The molecule has 4 nitrogen and oxygen atoms in total. The van der Waals surface area contributed by atoms with Crippen molar-refractivity contribution in [1.29, 1.82) is 0 Å². The Morgan fingerprint density at radius 3 is 2.40 bits per heavy atom. The van der Waals surface area contributed by atoms with Gasteiger partial charge in [-0.1, -0.05) is 26.0 Å². The third-order valence-electron chi connectivity index (χ3n) is 3.30. The topological polar surface area (TPSA) is 55.0 Å². The smallest absolute Gasteiger partial charge is 0.254 e. The molecule has 0 unspecified atom stereocenters. The lowest BCUT2D eigenvalue weighted by molar-refractivity contribution is 0.414. The van der Waals surface area contributed by atoms with Gasteiger partial charge in [0.15, 0.2) is 0 Å². The van der Waals surface area contributed by atoms with Crippen LogP contribution in [0, 0.1) is 6.92 Å². The van der Waals surface area contributed by atoms with E-state index >= 15 is 0 Å². The highest BCUT2D eigenvalue weighted by atomic mass is 16.5. The average Bonchev–Trinajstić information content (AvgIpc) is 2.38. The first-order valence-corrected chi connectivity index (χ1v) is 6.74. The summed E-state index contributed by atoms with van der Waals surface area (Å²) in [5.41, 5.74) is 2.64. The molecule has 0 saturated heterocycles. The lowest BCUT2D eigenvalue weighted by Crippen LogP contribution is -2.20. The van der Waals surface area contributed by atoms with Crippen LogP contribution in [0.5, 0.6) is 5.75 Å². The lowest BCUT2D eigenvalue weighted by Gasteiger charge is -2.10. The van der Waals surface area contributed by atoms with Crippen LogP contribution in [-0.4, -0.2) is 17.1 Å². The van der Waals surface area contributed by atoms with Gasteiger partial charge in [-0.2, -0.15) is 0 Å². The van der Waals surface area contributed by atoms with Crippen molar-refractivity contribution < 1.29 is 4.74 Å². The van der Waals surface area contributed by atoms with E-state index in [1.54, 1.807) is 7.11 Å². The molecule has 0 saturated carbocycles. The molecule has 1 N–H and O–H groups in total. The molecule has 2 aromatic rings. The molecular weight excluding hydrogens is 252 g/mol. The van der Waals surface area contributed by atoms with Crippen molar-refractivity contribution in [2.75, 3.05) is 7.11 Å². The maximum absolute atomic E-state index is 12.1. The molecule has 4 heteroatoms. The highest BCUT2D eigenvalue weighted by molar-refractivity contribution is 5.29. The van der Waals surface area contributed by atoms with Gasteiger partial charge in [-0.3, -0.25) is 4.79 Å². The maximum Gasteiger partial charge on any atom is 0.254 e. The van der Waals surface area contributed by atoms with E-state index in [0.29, 0.717) is 12.2 Å². The number of hydrogen-bond acceptors (Lipinski definition) is 3. The van der Waals surface area contributed by atoms with Crippen LogP contribution in [0.1, 0.15) is 42.4 Å². The van der Waals surface area contributed by atoms with E-state index in [1.807, 2.05) is 45.0 Å². The number of aryl methyl sites for hydroxylation is 1. The Morgan fingerprint density at radius 1 is 1.25 bits per heavy atom. The second-order valence-corrected chi connectivity index (χ2v) is 5.19. The van der Waals surface area contributed by atoms with Crippen LogP contribution in [0.25, 0.3) is 0 Å². The molecule has 1 aromatic heterocycles. The number of aromatic amines is 1. The van der Waals surface area contributed by atoms with E-state index in [0.717, 1.165) is 22.6 Å². The molecule has 1 aromatic carbocycles. The minimum atomic E-state index is -0.0315. The molecule has 0 atom stereocenters. The predicted molar refractivity (Wildman–Crippen MR) is 79.5 cm³/mol. The van der Waals surface area contributed by atoms with Crippen LogP contribution in [0.4, 0.5) is 0 Å². The summed E-state index contributed by atoms with van der Waals surface area (Å²) >= 11 is 0. The van der Waals surface area contributed by atoms with Gasteiger partial charge in [-0.05, 0) is 30.5 Å². The molecule has 2 rings (SSSR count). The zero-order valence-electron chi connectivity index (χ0n) is 12.4. The van der Waals surface area contributed by atoms with Crippen molar-refractivity contribution in [3.63, 3.8) is 0 Å². The van der Waals surface area contributed by atoms with Gasteiger partial charge < -0.3 is 9.72 Å². The number of nitrogens with one attached hydrogen (secondary N) is 1. The summed E-state index contributed by atoms with van der Waals surface area (Å²) in [4.78, 5) is 19.5.